The molecule has 2 aromatic rings. The monoisotopic (exact) mass is 229 g/mol. The van der Waals surface area contributed by atoms with Crippen molar-refractivity contribution in [3.05, 3.63) is 30.1 Å². The normalized spacial score (nSPS) is 25.2. The maximum Gasteiger partial charge on any atom is 0.114 e. The molecule has 1 fully saturated rings. The van der Waals surface area contributed by atoms with E-state index in [0.717, 1.165) is 36.4 Å². The number of hydrogen-bond donors (Lipinski definition) is 2. The fourth-order valence-corrected chi connectivity index (χ4v) is 2.84. The lowest BCUT2D eigenvalue weighted by atomic mass is 9.77. The molecule has 0 saturated carbocycles. The molecule has 1 saturated heterocycles. The van der Waals surface area contributed by atoms with Crippen molar-refractivity contribution in [3.63, 3.8) is 0 Å². The Bertz CT molecular complexity index is 476. The minimum Gasteiger partial charge on any atom is -0.341 e. The van der Waals surface area contributed by atoms with Crippen molar-refractivity contribution in [2.75, 3.05) is 13.1 Å². The molecular weight excluding hydrogens is 210 g/mol. The molecular formula is C14H19N3. The molecule has 0 spiro atoms. The van der Waals surface area contributed by atoms with Crippen LogP contribution in [-0.2, 0) is 5.41 Å². The van der Waals surface area contributed by atoms with Gasteiger partial charge < -0.3 is 10.3 Å². The van der Waals surface area contributed by atoms with Crippen molar-refractivity contribution in [2.45, 2.75) is 31.6 Å². The second kappa shape index (κ2) is 4.15. The van der Waals surface area contributed by atoms with Gasteiger partial charge >= 0.3 is 0 Å². The lowest BCUT2D eigenvalue weighted by Gasteiger charge is -2.35. The van der Waals surface area contributed by atoms with Gasteiger partial charge in [-0.15, -0.1) is 0 Å². The Balaban J connectivity index is 2.05. The van der Waals surface area contributed by atoms with Gasteiger partial charge in [-0.1, -0.05) is 19.1 Å². The Morgan fingerprint density at radius 1 is 1.35 bits per heavy atom. The van der Waals surface area contributed by atoms with E-state index in [2.05, 4.69) is 35.4 Å². The van der Waals surface area contributed by atoms with Crippen molar-refractivity contribution in [1.29, 1.82) is 0 Å². The van der Waals surface area contributed by atoms with Crippen molar-refractivity contribution in [1.82, 2.24) is 15.3 Å². The summed E-state index contributed by atoms with van der Waals surface area (Å²) in [5.74, 6) is 1.16. The highest BCUT2D eigenvalue weighted by atomic mass is 15.0. The third kappa shape index (κ3) is 1.75. The van der Waals surface area contributed by atoms with E-state index < -0.39 is 0 Å². The maximum absolute atomic E-state index is 4.78. The van der Waals surface area contributed by atoms with Crippen LogP contribution in [0.4, 0.5) is 0 Å². The van der Waals surface area contributed by atoms with Crippen molar-refractivity contribution in [3.8, 4) is 0 Å². The first-order valence-electron chi connectivity index (χ1n) is 6.50. The van der Waals surface area contributed by atoms with Crippen LogP contribution in [0.3, 0.4) is 0 Å². The highest BCUT2D eigenvalue weighted by molar-refractivity contribution is 5.75. The van der Waals surface area contributed by atoms with Gasteiger partial charge in [0.05, 0.1) is 11.0 Å². The Morgan fingerprint density at radius 2 is 2.24 bits per heavy atom. The van der Waals surface area contributed by atoms with E-state index in [9.17, 15) is 0 Å². The quantitative estimate of drug-likeness (QED) is 0.831. The molecule has 90 valence electrons. The third-order valence-corrected chi connectivity index (χ3v) is 4.04. The van der Waals surface area contributed by atoms with Crippen LogP contribution < -0.4 is 5.32 Å². The Hall–Kier alpha value is -1.35. The van der Waals surface area contributed by atoms with E-state index in [-0.39, 0.29) is 5.41 Å². The number of nitrogens with zero attached hydrogens (tertiary/aromatic N) is 1. The molecule has 2 heterocycles. The molecule has 1 unspecified atom stereocenters. The zero-order valence-electron chi connectivity index (χ0n) is 10.3. The molecule has 0 bridgehead atoms. The zero-order chi connectivity index (χ0) is 11.7. The summed E-state index contributed by atoms with van der Waals surface area (Å²) < 4.78 is 0. The van der Waals surface area contributed by atoms with Gasteiger partial charge in [-0.25, -0.2) is 4.98 Å². The number of para-hydroxylation sites is 2. The van der Waals surface area contributed by atoms with Crippen molar-refractivity contribution >= 4 is 11.0 Å². The van der Waals surface area contributed by atoms with Gasteiger partial charge in [0, 0.05) is 12.0 Å². The molecule has 2 N–H and O–H groups in total. The molecule has 0 radical (unpaired) electrons. The number of hydrogen-bond acceptors (Lipinski definition) is 2. The van der Waals surface area contributed by atoms with Crippen LogP contribution in [0.15, 0.2) is 24.3 Å². The number of H-pyrrole nitrogens is 1. The van der Waals surface area contributed by atoms with E-state index in [0.29, 0.717) is 0 Å². The summed E-state index contributed by atoms with van der Waals surface area (Å²) in [5, 5.41) is 3.51. The second-order valence-corrected chi connectivity index (χ2v) is 5.02. The summed E-state index contributed by atoms with van der Waals surface area (Å²) >= 11 is 0. The summed E-state index contributed by atoms with van der Waals surface area (Å²) in [6, 6.07) is 8.28. The fourth-order valence-electron chi connectivity index (χ4n) is 2.84. The summed E-state index contributed by atoms with van der Waals surface area (Å²) in [5.41, 5.74) is 2.44. The zero-order valence-corrected chi connectivity index (χ0v) is 10.3. The van der Waals surface area contributed by atoms with Crippen LogP contribution in [0.1, 0.15) is 32.0 Å². The molecule has 3 heteroatoms. The van der Waals surface area contributed by atoms with Crippen molar-refractivity contribution in [2.24, 2.45) is 0 Å². The van der Waals surface area contributed by atoms with Crippen LogP contribution in [-0.4, -0.2) is 23.1 Å². The molecule has 1 atom stereocenters. The highest BCUT2D eigenvalue weighted by Crippen LogP contribution is 2.33. The maximum atomic E-state index is 4.78. The lowest BCUT2D eigenvalue weighted by Crippen LogP contribution is -2.43. The van der Waals surface area contributed by atoms with Gasteiger partial charge in [-0.3, -0.25) is 0 Å². The van der Waals surface area contributed by atoms with Gasteiger partial charge in [0.2, 0.25) is 0 Å². The predicted molar refractivity (Wildman–Crippen MR) is 70.2 cm³/mol. The van der Waals surface area contributed by atoms with Gasteiger partial charge in [0.1, 0.15) is 5.82 Å². The van der Waals surface area contributed by atoms with Gasteiger partial charge in [0.15, 0.2) is 0 Å². The van der Waals surface area contributed by atoms with E-state index in [1.54, 1.807) is 0 Å². The van der Waals surface area contributed by atoms with Gasteiger partial charge in [-0.2, -0.15) is 0 Å². The molecule has 1 aromatic heterocycles. The molecule has 0 aliphatic carbocycles. The van der Waals surface area contributed by atoms with Crippen molar-refractivity contribution < 1.29 is 0 Å². The van der Waals surface area contributed by atoms with Crippen LogP contribution in [0.5, 0.6) is 0 Å². The number of benzene rings is 1. The minimum absolute atomic E-state index is 0.206. The van der Waals surface area contributed by atoms with Crippen LogP contribution in [0.25, 0.3) is 11.0 Å². The highest BCUT2D eigenvalue weighted by Gasteiger charge is 2.34. The topological polar surface area (TPSA) is 40.7 Å². The van der Waals surface area contributed by atoms with Gasteiger partial charge in [0.25, 0.3) is 0 Å². The number of imidazole rings is 1. The number of nitrogens with one attached hydrogen (secondary N) is 2. The molecule has 17 heavy (non-hydrogen) atoms. The Morgan fingerprint density at radius 3 is 2.94 bits per heavy atom. The summed E-state index contributed by atoms with van der Waals surface area (Å²) in [6.07, 6.45) is 3.61. The second-order valence-electron chi connectivity index (χ2n) is 5.02. The first kappa shape index (κ1) is 10.8. The summed E-state index contributed by atoms with van der Waals surface area (Å²) in [7, 11) is 0. The first-order valence-corrected chi connectivity index (χ1v) is 6.50. The largest absolute Gasteiger partial charge is 0.341 e. The van der Waals surface area contributed by atoms with Crippen LogP contribution >= 0.6 is 0 Å². The number of rotatable bonds is 2. The molecule has 1 aliphatic heterocycles. The minimum atomic E-state index is 0.206. The van der Waals surface area contributed by atoms with Gasteiger partial charge in [-0.05, 0) is 37.9 Å². The predicted octanol–water partition coefficient (Wildman–Crippen LogP) is 2.59. The molecule has 3 nitrogen and oxygen atoms in total. The molecule has 3 rings (SSSR count). The summed E-state index contributed by atoms with van der Waals surface area (Å²) in [4.78, 5) is 8.29. The third-order valence-electron chi connectivity index (χ3n) is 4.04. The first-order chi connectivity index (χ1) is 8.34. The average molecular weight is 229 g/mol. The summed E-state index contributed by atoms with van der Waals surface area (Å²) in [6.45, 7) is 4.45. The van der Waals surface area contributed by atoms with E-state index in [4.69, 9.17) is 4.98 Å². The average Bonchev–Trinajstić information content (AvgIpc) is 2.84. The van der Waals surface area contributed by atoms with E-state index >= 15 is 0 Å². The lowest BCUT2D eigenvalue weighted by molar-refractivity contribution is 0.290. The van der Waals surface area contributed by atoms with Crippen LogP contribution in [0.2, 0.25) is 0 Å². The van der Waals surface area contributed by atoms with E-state index in [1.165, 1.54) is 12.8 Å². The Kier molecular flexibility index (Phi) is 2.63. The smallest absolute Gasteiger partial charge is 0.114 e. The standard InChI is InChI=1S/C14H19N3/c1-2-14(8-5-9-15-10-14)13-16-11-6-3-4-7-12(11)17-13/h3-4,6-7,15H,2,5,8-10H2,1H3,(H,16,17). The molecule has 1 aliphatic rings. The number of aromatic amines is 1. The number of fused-ring (bicyclic) bond motifs is 1. The fraction of sp³-hybridized carbons (Fsp3) is 0.500. The molecule has 0 amide bonds. The SMILES string of the molecule is CCC1(c2nc3ccccc3[nH]2)CCCNC1. The van der Waals surface area contributed by atoms with E-state index in [1.807, 2.05) is 6.07 Å². The van der Waals surface area contributed by atoms with Crippen LogP contribution in [0, 0.1) is 0 Å². The molecule has 1 aromatic carbocycles. The number of aromatic nitrogens is 2. The Labute approximate surface area is 102 Å². The number of piperidine rings is 1.